The van der Waals surface area contributed by atoms with Crippen LogP contribution in [0.1, 0.15) is 24.2 Å². The molecule has 0 aromatic carbocycles. The molecule has 1 aliphatic heterocycles. The molecule has 0 bridgehead atoms. The molecule has 0 amide bonds. The van der Waals surface area contributed by atoms with Crippen LogP contribution in [0.25, 0.3) is 0 Å². The minimum Gasteiger partial charge on any atom is -0.354 e. The first-order chi connectivity index (χ1) is 12.0. The lowest BCUT2D eigenvalue weighted by Gasteiger charge is -2.34. The average molecular weight is 344 g/mol. The molecule has 0 radical (unpaired) electrons. The van der Waals surface area contributed by atoms with Crippen molar-refractivity contribution in [3.05, 3.63) is 50.4 Å². The van der Waals surface area contributed by atoms with Gasteiger partial charge in [0.2, 0.25) is 0 Å². The molecule has 134 valence electrons. The van der Waals surface area contributed by atoms with Gasteiger partial charge in [-0.25, -0.2) is 4.79 Å². The summed E-state index contributed by atoms with van der Waals surface area (Å²) in [5.41, 5.74) is 1.02. The van der Waals surface area contributed by atoms with Crippen LogP contribution in [0.15, 0.2) is 27.8 Å². The molecule has 8 nitrogen and oxygen atoms in total. The largest absolute Gasteiger partial charge is 0.354 e. The number of rotatable bonds is 4. The van der Waals surface area contributed by atoms with Gasteiger partial charge < -0.3 is 10.2 Å². The van der Waals surface area contributed by atoms with E-state index in [1.807, 2.05) is 19.1 Å². The van der Waals surface area contributed by atoms with Crippen LogP contribution in [0.3, 0.4) is 0 Å². The van der Waals surface area contributed by atoms with Gasteiger partial charge in [0.15, 0.2) is 5.82 Å². The maximum Gasteiger partial charge on any atom is 0.330 e. The Balaban J connectivity index is 1.67. The van der Waals surface area contributed by atoms with E-state index in [9.17, 15) is 9.59 Å². The van der Waals surface area contributed by atoms with Crippen molar-refractivity contribution in [3.8, 4) is 0 Å². The first-order valence-corrected chi connectivity index (χ1v) is 8.50. The molecule has 1 atom stereocenters. The van der Waals surface area contributed by atoms with Crippen molar-refractivity contribution in [1.82, 2.24) is 24.6 Å². The van der Waals surface area contributed by atoms with Crippen molar-refractivity contribution >= 4 is 5.82 Å². The summed E-state index contributed by atoms with van der Waals surface area (Å²) >= 11 is 0. The zero-order chi connectivity index (χ0) is 18.0. The van der Waals surface area contributed by atoms with Gasteiger partial charge in [0.25, 0.3) is 5.56 Å². The molecule has 1 unspecified atom stereocenters. The van der Waals surface area contributed by atoms with Gasteiger partial charge in [-0.15, -0.1) is 5.10 Å². The molecular formula is C17H24N6O2. The highest BCUT2D eigenvalue weighted by Gasteiger charge is 2.21. The van der Waals surface area contributed by atoms with Crippen LogP contribution in [-0.2, 0) is 20.6 Å². The summed E-state index contributed by atoms with van der Waals surface area (Å²) in [4.78, 5) is 26.0. The fourth-order valence-electron chi connectivity index (χ4n) is 3.11. The molecule has 25 heavy (non-hydrogen) atoms. The molecule has 1 N–H and O–H groups in total. The predicted octanol–water partition coefficient (Wildman–Crippen LogP) is -0.0590. The van der Waals surface area contributed by atoms with Crippen LogP contribution in [0, 0.1) is 6.92 Å². The molecule has 0 aliphatic carbocycles. The van der Waals surface area contributed by atoms with E-state index in [4.69, 9.17) is 0 Å². The Hall–Kier alpha value is -2.48. The molecule has 0 spiro atoms. The molecule has 3 heterocycles. The fraction of sp³-hybridized carbons (Fsp3) is 0.529. The Labute approximate surface area is 146 Å². The molecular weight excluding hydrogens is 320 g/mol. The lowest BCUT2D eigenvalue weighted by molar-refractivity contribution is 0.413. The Bertz CT molecular complexity index is 855. The summed E-state index contributed by atoms with van der Waals surface area (Å²) in [5.74, 6) is 0.887. The third kappa shape index (κ3) is 3.79. The Morgan fingerprint density at radius 1 is 1.20 bits per heavy atom. The van der Waals surface area contributed by atoms with Crippen LogP contribution in [0.5, 0.6) is 0 Å². The van der Waals surface area contributed by atoms with Crippen molar-refractivity contribution in [2.45, 2.75) is 32.4 Å². The highest BCUT2D eigenvalue weighted by atomic mass is 16.2. The maximum atomic E-state index is 12.0. The lowest BCUT2D eigenvalue weighted by atomic mass is 10.1. The van der Waals surface area contributed by atoms with Crippen LogP contribution in [0.2, 0.25) is 0 Å². The minimum absolute atomic E-state index is 0.274. The topological polar surface area (TPSA) is 85.0 Å². The summed E-state index contributed by atoms with van der Waals surface area (Å²) in [5, 5.41) is 11.9. The van der Waals surface area contributed by atoms with Crippen molar-refractivity contribution < 1.29 is 0 Å². The molecule has 1 fully saturated rings. The van der Waals surface area contributed by atoms with E-state index >= 15 is 0 Å². The van der Waals surface area contributed by atoms with Crippen LogP contribution in [-0.4, -0.2) is 38.5 Å². The molecule has 3 rings (SSSR count). The summed E-state index contributed by atoms with van der Waals surface area (Å²) in [7, 11) is 3.18. The number of nitrogens with one attached hydrogen (secondary N) is 1. The van der Waals surface area contributed by atoms with Crippen molar-refractivity contribution in [2.75, 3.05) is 18.0 Å². The molecule has 2 aromatic heterocycles. The number of hydrogen-bond acceptors (Lipinski definition) is 6. The van der Waals surface area contributed by atoms with E-state index in [0.717, 1.165) is 42.0 Å². The van der Waals surface area contributed by atoms with Gasteiger partial charge in [0, 0.05) is 51.5 Å². The molecule has 8 heteroatoms. The molecule has 1 aliphatic rings. The van der Waals surface area contributed by atoms with Gasteiger partial charge in [0.1, 0.15) is 0 Å². The van der Waals surface area contributed by atoms with Gasteiger partial charge in [0.05, 0.1) is 5.69 Å². The minimum atomic E-state index is -0.301. The first kappa shape index (κ1) is 17.3. The van der Waals surface area contributed by atoms with Gasteiger partial charge in [-0.2, -0.15) is 5.10 Å². The fourth-order valence-corrected chi connectivity index (χ4v) is 3.11. The third-order valence-electron chi connectivity index (χ3n) is 4.73. The SMILES string of the molecule is Cc1ccc(N2CCCC(NCc3cc(=O)n(C)c(=O)n3C)C2)nn1. The van der Waals surface area contributed by atoms with E-state index in [1.165, 1.54) is 17.7 Å². The second kappa shape index (κ2) is 7.18. The summed E-state index contributed by atoms with van der Waals surface area (Å²) in [6.07, 6.45) is 2.11. The normalized spacial score (nSPS) is 17.7. The Morgan fingerprint density at radius 2 is 2.00 bits per heavy atom. The maximum absolute atomic E-state index is 12.0. The lowest BCUT2D eigenvalue weighted by Crippen LogP contribution is -2.47. The summed E-state index contributed by atoms with van der Waals surface area (Å²) < 4.78 is 2.63. The monoisotopic (exact) mass is 344 g/mol. The highest BCUT2D eigenvalue weighted by Crippen LogP contribution is 2.17. The zero-order valence-electron chi connectivity index (χ0n) is 14.9. The van der Waals surface area contributed by atoms with E-state index in [2.05, 4.69) is 20.4 Å². The second-order valence-electron chi connectivity index (χ2n) is 6.57. The Morgan fingerprint density at radius 3 is 2.72 bits per heavy atom. The number of nitrogens with zero attached hydrogens (tertiary/aromatic N) is 5. The second-order valence-corrected chi connectivity index (χ2v) is 6.57. The number of aryl methyl sites for hydroxylation is 1. The van der Waals surface area contributed by atoms with Crippen LogP contribution >= 0.6 is 0 Å². The average Bonchev–Trinajstić information content (AvgIpc) is 2.63. The predicted molar refractivity (Wildman–Crippen MR) is 95.8 cm³/mol. The molecule has 2 aromatic rings. The van der Waals surface area contributed by atoms with Gasteiger partial charge >= 0.3 is 5.69 Å². The van der Waals surface area contributed by atoms with E-state index in [0.29, 0.717) is 12.2 Å². The van der Waals surface area contributed by atoms with Crippen LogP contribution in [0.4, 0.5) is 5.82 Å². The number of anilines is 1. The van der Waals surface area contributed by atoms with E-state index in [-0.39, 0.29) is 17.3 Å². The van der Waals surface area contributed by atoms with Gasteiger partial charge in [-0.1, -0.05) is 0 Å². The quantitative estimate of drug-likeness (QED) is 0.836. The highest BCUT2D eigenvalue weighted by molar-refractivity contribution is 5.38. The van der Waals surface area contributed by atoms with Crippen molar-refractivity contribution in [1.29, 1.82) is 0 Å². The van der Waals surface area contributed by atoms with Gasteiger partial charge in [-0.05, 0) is 31.9 Å². The van der Waals surface area contributed by atoms with Gasteiger partial charge in [-0.3, -0.25) is 13.9 Å². The molecule has 0 saturated carbocycles. The summed E-state index contributed by atoms with van der Waals surface area (Å²) in [6, 6.07) is 5.75. The standard InChI is InChI=1S/C17H24N6O2/c1-12-6-7-15(20-19-12)23-8-4-5-13(11-23)18-10-14-9-16(24)22(3)17(25)21(14)2/h6-7,9,13,18H,4-5,8,10-11H2,1-3H3. The third-order valence-corrected chi connectivity index (χ3v) is 4.73. The van der Waals surface area contributed by atoms with Crippen molar-refractivity contribution in [2.24, 2.45) is 14.1 Å². The smallest absolute Gasteiger partial charge is 0.330 e. The summed E-state index contributed by atoms with van der Waals surface area (Å²) in [6.45, 7) is 4.20. The number of piperidine rings is 1. The molecule has 1 saturated heterocycles. The van der Waals surface area contributed by atoms with E-state index < -0.39 is 0 Å². The van der Waals surface area contributed by atoms with E-state index in [1.54, 1.807) is 7.05 Å². The van der Waals surface area contributed by atoms with Crippen molar-refractivity contribution in [3.63, 3.8) is 0 Å². The van der Waals surface area contributed by atoms with Crippen LogP contribution < -0.4 is 21.5 Å². The number of aromatic nitrogens is 4. The number of hydrogen-bond donors (Lipinski definition) is 1. The Kier molecular flexibility index (Phi) is 4.98. The zero-order valence-corrected chi connectivity index (χ0v) is 14.9. The first-order valence-electron chi connectivity index (χ1n) is 8.50.